The second kappa shape index (κ2) is 5.52. The molecule has 110 valence electrons. The molecule has 5 nitrogen and oxygen atoms in total. The van der Waals surface area contributed by atoms with Crippen LogP contribution in [-0.2, 0) is 0 Å². The monoisotopic (exact) mass is 291 g/mol. The van der Waals surface area contributed by atoms with Crippen LogP contribution < -0.4 is 5.73 Å². The highest BCUT2D eigenvalue weighted by atomic mass is 15.2. The van der Waals surface area contributed by atoms with E-state index in [1.807, 2.05) is 57.2 Å². The van der Waals surface area contributed by atoms with Crippen molar-refractivity contribution in [1.29, 1.82) is 0 Å². The average Bonchev–Trinajstić information content (AvgIpc) is 2.47. The fraction of sp³-hybridized carbons (Fsp3) is 0.176. The molecule has 0 unspecified atom stereocenters. The first-order valence-corrected chi connectivity index (χ1v) is 7.06. The zero-order valence-corrected chi connectivity index (χ0v) is 12.8. The maximum absolute atomic E-state index is 5.74. The van der Waals surface area contributed by atoms with E-state index >= 15 is 0 Å². The lowest BCUT2D eigenvalue weighted by molar-refractivity contribution is 0.994. The number of aryl methyl sites for hydroxylation is 3. The van der Waals surface area contributed by atoms with Gasteiger partial charge in [0.05, 0.1) is 0 Å². The van der Waals surface area contributed by atoms with Crippen molar-refractivity contribution >= 4 is 5.95 Å². The van der Waals surface area contributed by atoms with E-state index in [0.29, 0.717) is 5.69 Å². The van der Waals surface area contributed by atoms with Crippen molar-refractivity contribution < 1.29 is 0 Å². The Morgan fingerprint density at radius 1 is 0.727 bits per heavy atom. The van der Waals surface area contributed by atoms with E-state index < -0.39 is 0 Å². The van der Waals surface area contributed by atoms with Crippen LogP contribution in [0.5, 0.6) is 0 Å². The van der Waals surface area contributed by atoms with E-state index in [4.69, 9.17) is 5.73 Å². The minimum absolute atomic E-state index is 0.168. The molecule has 0 amide bonds. The van der Waals surface area contributed by atoms with Crippen LogP contribution in [0.25, 0.3) is 22.5 Å². The van der Waals surface area contributed by atoms with Crippen LogP contribution >= 0.6 is 0 Å². The summed E-state index contributed by atoms with van der Waals surface area (Å²) < 4.78 is 0. The van der Waals surface area contributed by atoms with Crippen LogP contribution in [0.1, 0.15) is 17.0 Å². The summed E-state index contributed by atoms with van der Waals surface area (Å²) in [6, 6.07) is 12.1. The first-order chi connectivity index (χ1) is 10.5. The standard InChI is InChI=1S/C17H17N5/c1-10-4-6-13(7-5-10)15-16(21-22-17(18)20-15)14-8-11(2)19-12(3)9-14/h4-9H,1-3H3,(H2,18,20,22). The van der Waals surface area contributed by atoms with Gasteiger partial charge in [-0.3, -0.25) is 4.98 Å². The minimum atomic E-state index is 0.168. The van der Waals surface area contributed by atoms with Gasteiger partial charge in [-0.05, 0) is 32.9 Å². The Morgan fingerprint density at radius 3 is 2.00 bits per heavy atom. The summed E-state index contributed by atoms with van der Waals surface area (Å²) in [5, 5.41) is 8.18. The van der Waals surface area contributed by atoms with Crippen LogP contribution in [0, 0.1) is 20.8 Å². The first kappa shape index (κ1) is 14.1. The molecule has 0 aliphatic heterocycles. The van der Waals surface area contributed by atoms with Crippen LogP contribution in [0.2, 0.25) is 0 Å². The van der Waals surface area contributed by atoms with E-state index in [1.54, 1.807) is 0 Å². The average molecular weight is 291 g/mol. The van der Waals surface area contributed by atoms with E-state index in [-0.39, 0.29) is 5.95 Å². The molecule has 0 spiro atoms. The van der Waals surface area contributed by atoms with Gasteiger partial charge in [0.15, 0.2) is 0 Å². The van der Waals surface area contributed by atoms with E-state index in [1.165, 1.54) is 5.56 Å². The Bertz CT molecular complexity index is 805. The number of anilines is 1. The number of pyridine rings is 1. The van der Waals surface area contributed by atoms with Gasteiger partial charge in [-0.1, -0.05) is 29.8 Å². The smallest absolute Gasteiger partial charge is 0.240 e. The van der Waals surface area contributed by atoms with Crippen molar-refractivity contribution in [3.63, 3.8) is 0 Å². The lowest BCUT2D eigenvalue weighted by Gasteiger charge is -2.09. The summed E-state index contributed by atoms with van der Waals surface area (Å²) in [5.74, 6) is 0.168. The van der Waals surface area contributed by atoms with E-state index in [9.17, 15) is 0 Å². The lowest BCUT2D eigenvalue weighted by atomic mass is 10.0. The molecule has 22 heavy (non-hydrogen) atoms. The molecule has 0 saturated carbocycles. The van der Waals surface area contributed by atoms with Gasteiger partial charge in [0.2, 0.25) is 5.95 Å². The molecule has 2 aromatic heterocycles. The van der Waals surface area contributed by atoms with Gasteiger partial charge in [-0.15, -0.1) is 10.2 Å². The highest BCUT2D eigenvalue weighted by Crippen LogP contribution is 2.29. The van der Waals surface area contributed by atoms with Crippen molar-refractivity contribution in [3.8, 4) is 22.5 Å². The lowest BCUT2D eigenvalue weighted by Crippen LogP contribution is -2.03. The van der Waals surface area contributed by atoms with Gasteiger partial charge in [-0.25, -0.2) is 4.98 Å². The second-order valence-electron chi connectivity index (χ2n) is 5.37. The van der Waals surface area contributed by atoms with Crippen LogP contribution in [-0.4, -0.2) is 20.2 Å². The highest BCUT2D eigenvalue weighted by Gasteiger charge is 2.13. The van der Waals surface area contributed by atoms with Crippen molar-refractivity contribution in [2.75, 3.05) is 5.73 Å². The molecule has 1 aromatic carbocycles. The Morgan fingerprint density at radius 2 is 1.36 bits per heavy atom. The first-order valence-electron chi connectivity index (χ1n) is 7.06. The summed E-state index contributed by atoms with van der Waals surface area (Å²) in [6.07, 6.45) is 0. The number of nitrogen functional groups attached to an aromatic ring is 1. The quantitative estimate of drug-likeness (QED) is 0.785. The molecule has 0 aliphatic carbocycles. The summed E-state index contributed by atoms with van der Waals surface area (Å²) in [5.41, 5.74) is 12.2. The molecular formula is C17H17N5. The topological polar surface area (TPSA) is 77.6 Å². The van der Waals surface area contributed by atoms with Crippen LogP contribution in [0.3, 0.4) is 0 Å². The number of nitrogens with two attached hydrogens (primary N) is 1. The SMILES string of the molecule is Cc1ccc(-c2nc(N)nnc2-c2cc(C)nc(C)c2)cc1. The Hall–Kier alpha value is -2.82. The predicted molar refractivity (Wildman–Crippen MR) is 87.1 cm³/mol. The normalized spacial score (nSPS) is 10.7. The van der Waals surface area contributed by atoms with E-state index in [0.717, 1.165) is 28.2 Å². The number of hydrogen-bond donors (Lipinski definition) is 1. The van der Waals surface area contributed by atoms with E-state index in [2.05, 4.69) is 20.2 Å². The van der Waals surface area contributed by atoms with Crippen LogP contribution in [0.15, 0.2) is 36.4 Å². The van der Waals surface area contributed by atoms with Crippen molar-refractivity contribution in [2.45, 2.75) is 20.8 Å². The maximum Gasteiger partial charge on any atom is 0.240 e. The predicted octanol–water partition coefficient (Wildman–Crippen LogP) is 3.11. The van der Waals surface area contributed by atoms with Gasteiger partial charge < -0.3 is 5.73 Å². The number of hydrogen-bond acceptors (Lipinski definition) is 5. The molecule has 0 radical (unpaired) electrons. The van der Waals surface area contributed by atoms with Crippen molar-refractivity contribution in [1.82, 2.24) is 20.2 Å². The third-order valence-corrected chi connectivity index (χ3v) is 3.38. The molecule has 0 bridgehead atoms. The molecule has 3 aromatic rings. The van der Waals surface area contributed by atoms with Crippen molar-refractivity contribution in [3.05, 3.63) is 53.3 Å². The Balaban J connectivity index is 2.22. The van der Waals surface area contributed by atoms with Gasteiger partial charge in [0, 0.05) is 22.5 Å². The Labute approximate surface area is 129 Å². The summed E-state index contributed by atoms with van der Waals surface area (Å²) in [6.45, 7) is 5.97. The zero-order valence-electron chi connectivity index (χ0n) is 12.8. The fourth-order valence-corrected chi connectivity index (χ4v) is 2.42. The molecule has 0 fully saturated rings. The van der Waals surface area contributed by atoms with Gasteiger partial charge in [0.25, 0.3) is 0 Å². The fourth-order valence-electron chi connectivity index (χ4n) is 2.42. The highest BCUT2D eigenvalue weighted by molar-refractivity contribution is 5.78. The van der Waals surface area contributed by atoms with Gasteiger partial charge in [0.1, 0.15) is 11.4 Å². The second-order valence-corrected chi connectivity index (χ2v) is 5.37. The number of rotatable bonds is 2. The third-order valence-electron chi connectivity index (χ3n) is 3.38. The molecule has 0 saturated heterocycles. The third kappa shape index (κ3) is 2.79. The number of nitrogens with zero attached hydrogens (tertiary/aromatic N) is 4. The Kier molecular flexibility index (Phi) is 3.55. The molecule has 0 atom stereocenters. The maximum atomic E-state index is 5.74. The molecule has 5 heteroatoms. The summed E-state index contributed by atoms with van der Waals surface area (Å²) >= 11 is 0. The van der Waals surface area contributed by atoms with Gasteiger partial charge in [-0.2, -0.15) is 0 Å². The minimum Gasteiger partial charge on any atom is -0.366 e. The number of aromatic nitrogens is 4. The number of benzene rings is 1. The largest absolute Gasteiger partial charge is 0.366 e. The zero-order chi connectivity index (χ0) is 15.7. The summed E-state index contributed by atoms with van der Waals surface area (Å²) in [4.78, 5) is 8.79. The summed E-state index contributed by atoms with van der Waals surface area (Å²) in [7, 11) is 0. The molecule has 3 rings (SSSR count). The molecular weight excluding hydrogens is 274 g/mol. The van der Waals surface area contributed by atoms with Gasteiger partial charge >= 0.3 is 0 Å². The van der Waals surface area contributed by atoms with Crippen LogP contribution in [0.4, 0.5) is 5.95 Å². The molecule has 2 N–H and O–H groups in total. The molecule has 0 aliphatic rings. The van der Waals surface area contributed by atoms with Crippen molar-refractivity contribution in [2.24, 2.45) is 0 Å². The molecule has 2 heterocycles.